The maximum atomic E-state index is 3.58. The fourth-order valence-electron chi connectivity index (χ4n) is 3.08. The minimum absolute atomic E-state index is 0.684. The lowest BCUT2D eigenvalue weighted by atomic mass is 10.1. The molecule has 2 aromatic rings. The Kier molecular flexibility index (Phi) is 3.85. The van der Waals surface area contributed by atoms with Gasteiger partial charge in [0.15, 0.2) is 0 Å². The maximum absolute atomic E-state index is 3.58. The number of nitrogens with one attached hydrogen (secondary N) is 3. The molecular weight excluding hydrogens is 234 g/mol. The van der Waals surface area contributed by atoms with Crippen molar-refractivity contribution in [3.05, 3.63) is 35.5 Å². The van der Waals surface area contributed by atoms with Crippen molar-refractivity contribution < 1.29 is 0 Å². The van der Waals surface area contributed by atoms with Gasteiger partial charge < -0.3 is 15.6 Å². The molecule has 1 fully saturated rings. The first-order chi connectivity index (χ1) is 9.34. The molecule has 1 aromatic carbocycles. The van der Waals surface area contributed by atoms with Gasteiger partial charge in [-0.05, 0) is 50.9 Å². The van der Waals surface area contributed by atoms with Gasteiger partial charge in [-0.25, -0.2) is 0 Å². The van der Waals surface area contributed by atoms with Gasteiger partial charge in [0.1, 0.15) is 0 Å². The van der Waals surface area contributed by atoms with E-state index in [4.69, 9.17) is 0 Å². The van der Waals surface area contributed by atoms with E-state index in [1.807, 2.05) is 0 Å². The zero-order chi connectivity index (χ0) is 13.1. The highest BCUT2D eigenvalue weighted by Gasteiger charge is 2.13. The summed E-state index contributed by atoms with van der Waals surface area (Å²) < 4.78 is 0. The second kappa shape index (κ2) is 5.76. The van der Waals surface area contributed by atoms with E-state index >= 15 is 0 Å². The smallest absolute Gasteiger partial charge is 0.0458 e. The van der Waals surface area contributed by atoms with E-state index in [0.29, 0.717) is 6.04 Å². The highest BCUT2D eigenvalue weighted by molar-refractivity contribution is 5.84. The summed E-state index contributed by atoms with van der Waals surface area (Å²) >= 11 is 0. The molecule has 1 saturated heterocycles. The number of fused-ring (bicyclic) bond motifs is 1. The first-order valence-electron chi connectivity index (χ1n) is 7.35. The van der Waals surface area contributed by atoms with Gasteiger partial charge in [-0.3, -0.25) is 0 Å². The Morgan fingerprint density at radius 1 is 1.32 bits per heavy atom. The van der Waals surface area contributed by atoms with Gasteiger partial charge in [0.25, 0.3) is 0 Å². The molecule has 0 amide bonds. The highest BCUT2D eigenvalue weighted by atomic mass is 15.0. The molecule has 0 bridgehead atoms. The van der Waals surface area contributed by atoms with Crippen molar-refractivity contribution in [3.63, 3.8) is 0 Å². The molecule has 1 atom stereocenters. The summed E-state index contributed by atoms with van der Waals surface area (Å²) in [6.07, 6.45) is 3.75. The quantitative estimate of drug-likeness (QED) is 0.720. The molecule has 0 aliphatic carbocycles. The molecule has 1 aliphatic heterocycles. The summed E-state index contributed by atoms with van der Waals surface area (Å²) in [6, 6.07) is 9.26. The van der Waals surface area contributed by atoms with Crippen LogP contribution >= 0.6 is 0 Å². The Morgan fingerprint density at radius 3 is 3.05 bits per heavy atom. The lowest BCUT2D eigenvalue weighted by molar-refractivity contribution is 0.538. The molecule has 2 heterocycles. The van der Waals surface area contributed by atoms with Crippen LogP contribution in [0.2, 0.25) is 0 Å². The number of aromatic nitrogens is 1. The molecule has 102 valence electrons. The van der Waals surface area contributed by atoms with Crippen LogP contribution in [-0.4, -0.2) is 30.7 Å². The van der Waals surface area contributed by atoms with Gasteiger partial charge in [-0.15, -0.1) is 0 Å². The predicted octanol–water partition coefficient (Wildman–Crippen LogP) is 2.36. The van der Waals surface area contributed by atoms with Crippen molar-refractivity contribution in [2.24, 2.45) is 0 Å². The molecule has 0 spiro atoms. The SMILES string of the molecule is Cc1[nH]c2ccccc2c1CCNCC1CCCN1. The number of aryl methyl sites for hydroxylation is 1. The fraction of sp³-hybridized carbons (Fsp3) is 0.500. The van der Waals surface area contributed by atoms with Gasteiger partial charge >= 0.3 is 0 Å². The summed E-state index contributed by atoms with van der Waals surface area (Å²) in [7, 11) is 0. The van der Waals surface area contributed by atoms with Gasteiger partial charge in [0, 0.05) is 29.2 Å². The van der Waals surface area contributed by atoms with Crippen LogP contribution in [-0.2, 0) is 6.42 Å². The van der Waals surface area contributed by atoms with Crippen LogP contribution in [0, 0.1) is 6.92 Å². The Labute approximate surface area is 114 Å². The predicted molar refractivity (Wildman–Crippen MR) is 80.6 cm³/mol. The maximum Gasteiger partial charge on any atom is 0.0458 e. The molecule has 0 saturated carbocycles. The van der Waals surface area contributed by atoms with Gasteiger partial charge in [0.05, 0.1) is 0 Å². The summed E-state index contributed by atoms with van der Waals surface area (Å²) in [5.74, 6) is 0. The van der Waals surface area contributed by atoms with Crippen molar-refractivity contribution in [2.75, 3.05) is 19.6 Å². The first-order valence-corrected chi connectivity index (χ1v) is 7.35. The van der Waals surface area contributed by atoms with Crippen molar-refractivity contribution in [1.82, 2.24) is 15.6 Å². The zero-order valence-electron chi connectivity index (χ0n) is 11.6. The third kappa shape index (κ3) is 2.82. The highest BCUT2D eigenvalue weighted by Crippen LogP contribution is 2.21. The Hall–Kier alpha value is -1.32. The number of para-hydroxylation sites is 1. The molecule has 1 aromatic heterocycles. The summed E-state index contributed by atoms with van der Waals surface area (Å²) in [4.78, 5) is 3.47. The van der Waals surface area contributed by atoms with E-state index in [1.165, 1.54) is 41.5 Å². The molecule has 1 aliphatic rings. The molecule has 19 heavy (non-hydrogen) atoms. The van der Waals surface area contributed by atoms with Crippen LogP contribution in [0.4, 0.5) is 0 Å². The van der Waals surface area contributed by atoms with E-state index in [1.54, 1.807) is 0 Å². The minimum atomic E-state index is 0.684. The van der Waals surface area contributed by atoms with Gasteiger partial charge in [-0.2, -0.15) is 0 Å². The van der Waals surface area contributed by atoms with Crippen LogP contribution in [0.5, 0.6) is 0 Å². The standard InChI is InChI=1S/C16H23N3/c1-12-14(15-6-2-3-7-16(15)19-12)8-10-17-11-13-5-4-9-18-13/h2-3,6-7,13,17-19H,4-5,8-11H2,1H3. The third-order valence-corrected chi connectivity index (χ3v) is 4.13. The second-order valence-electron chi connectivity index (χ2n) is 5.52. The molecule has 3 rings (SSSR count). The molecule has 3 nitrogen and oxygen atoms in total. The molecule has 3 heteroatoms. The Balaban J connectivity index is 1.57. The summed E-state index contributed by atoms with van der Waals surface area (Å²) in [5.41, 5.74) is 4.02. The van der Waals surface area contributed by atoms with Crippen molar-refractivity contribution >= 4 is 10.9 Å². The average molecular weight is 257 g/mol. The lowest BCUT2D eigenvalue weighted by Gasteiger charge is -2.11. The molecule has 1 unspecified atom stereocenters. The summed E-state index contributed by atoms with van der Waals surface area (Å²) in [5, 5.41) is 8.48. The van der Waals surface area contributed by atoms with E-state index in [2.05, 4.69) is 46.8 Å². The van der Waals surface area contributed by atoms with Crippen LogP contribution < -0.4 is 10.6 Å². The van der Waals surface area contributed by atoms with Crippen LogP contribution in [0.25, 0.3) is 10.9 Å². The Bertz CT molecular complexity index is 538. The Morgan fingerprint density at radius 2 is 2.21 bits per heavy atom. The molecular formula is C16H23N3. The number of aromatic amines is 1. The molecule has 3 N–H and O–H groups in total. The topological polar surface area (TPSA) is 39.9 Å². The van der Waals surface area contributed by atoms with E-state index in [0.717, 1.165) is 19.5 Å². The summed E-state index contributed by atoms with van der Waals surface area (Å²) in [6.45, 7) is 5.52. The normalized spacial score (nSPS) is 19.3. The zero-order valence-corrected chi connectivity index (χ0v) is 11.6. The van der Waals surface area contributed by atoms with Gasteiger partial charge in [0.2, 0.25) is 0 Å². The van der Waals surface area contributed by atoms with E-state index < -0.39 is 0 Å². The average Bonchev–Trinajstić information content (AvgIpc) is 3.02. The number of rotatable bonds is 5. The number of H-pyrrole nitrogens is 1. The van der Waals surface area contributed by atoms with Crippen molar-refractivity contribution in [1.29, 1.82) is 0 Å². The second-order valence-corrected chi connectivity index (χ2v) is 5.52. The number of benzene rings is 1. The van der Waals surface area contributed by atoms with E-state index in [9.17, 15) is 0 Å². The minimum Gasteiger partial charge on any atom is -0.358 e. The van der Waals surface area contributed by atoms with Crippen molar-refractivity contribution in [3.8, 4) is 0 Å². The third-order valence-electron chi connectivity index (χ3n) is 4.13. The number of hydrogen-bond acceptors (Lipinski definition) is 2. The van der Waals surface area contributed by atoms with Gasteiger partial charge in [-0.1, -0.05) is 18.2 Å². The fourth-order valence-corrected chi connectivity index (χ4v) is 3.08. The molecule has 0 radical (unpaired) electrons. The monoisotopic (exact) mass is 257 g/mol. The first kappa shape index (κ1) is 12.7. The van der Waals surface area contributed by atoms with E-state index in [-0.39, 0.29) is 0 Å². The lowest BCUT2D eigenvalue weighted by Crippen LogP contribution is -2.34. The van der Waals surface area contributed by atoms with Crippen molar-refractivity contribution in [2.45, 2.75) is 32.2 Å². The van der Waals surface area contributed by atoms with Crippen LogP contribution in [0.1, 0.15) is 24.1 Å². The van der Waals surface area contributed by atoms with Crippen LogP contribution in [0.3, 0.4) is 0 Å². The van der Waals surface area contributed by atoms with Crippen LogP contribution in [0.15, 0.2) is 24.3 Å². The largest absolute Gasteiger partial charge is 0.358 e. The number of hydrogen-bond donors (Lipinski definition) is 3.